The van der Waals surface area contributed by atoms with E-state index < -0.39 is 11.2 Å². The fourth-order valence-electron chi connectivity index (χ4n) is 9.03. The molecule has 0 spiro atoms. The maximum atomic E-state index is 12.1. The summed E-state index contributed by atoms with van der Waals surface area (Å²) >= 11 is 2.90. The molecule has 21 heteroatoms. The normalized spacial score (nSPS) is 20.0. The molecule has 0 atom stereocenters. The monoisotopic (exact) mass is 1190 g/mol. The first kappa shape index (κ1) is 71.3. The Bertz CT molecular complexity index is 1820. The number of esters is 3. The summed E-state index contributed by atoms with van der Waals surface area (Å²) in [6, 6.07) is 4.12. The van der Waals surface area contributed by atoms with Gasteiger partial charge in [-0.3, -0.25) is 29.0 Å². The van der Waals surface area contributed by atoms with Crippen LogP contribution in [0.1, 0.15) is 192 Å². The molecule has 458 valence electrons. The van der Waals surface area contributed by atoms with Crippen molar-refractivity contribution in [1.29, 1.82) is 0 Å². The number of hydrogen-bond acceptors (Lipinski definition) is 17. The van der Waals surface area contributed by atoms with Crippen molar-refractivity contribution in [2.45, 2.75) is 251 Å². The van der Waals surface area contributed by atoms with E-state index in [0.717, 1.165) is 57.7 Å². The third kappa shape index (κ3) is 32.4. The number of nitrogens with zero attached hydrogens (tertiary/aromatic N) is 5. The quantitative estimate of drug-likeness (QED) is 0.112. The first-order chi connectivity index (χ1) is 36.6. The predicted octanol–water partition coefficient (Wildman–Crippen LogP) is 9.00. The van der Waals surface area contributed by atoms with Gasteiger partial charge in [-0.2, -0.15) is 0 Å². The molecule has 3 amide bonds. The van der Waals surface area contributed by atoms with Crippen LogP contribution in [0.4, 0.5) is 14.4 Å². The van der Waals surface area contributed by atoms with E-state index >= 15 is 0 Å². The van der Waals surface area contributed by atoms with Crippen LogP contribution in [-0.2, 0) is 47.6 Å². The molecule has 5 saturated carbocycles. The van der Waals surface area contributed by atoms with Crippen molar-refractivity contribution >= 4 is 57.9 Å². The van der Waals surface area contributed by atoms with Gasteiger partial charge in [-0.1, -0.05) is 42.6 Å². The molecule has 8 aliphatic rings. The van der Waals surface area contributed by atoms with Gasteiger partial charge in [-0.15, -0.1) is 0 Å². The predicted molar refractivity (Wildman–Crippen MR) is 310 cm³/mol. The molecule has 0 aromatic rings. The van der Waals surface area contributed by atoms with Gasteiger partial charge in [0.1, 0.15) is 27.9 Å². The number of ketones is 1. The smallest absolute Gasteiger partial charge is 0.410 e. The molecule has 20 nitrogen and oxygen atoms in total. The lowest BCUT2D eigenvalue weighted by atomic mass is 9.94. The summed E-state index contributed by atoms with van der Waals surface area (Å²) in [6.45, 7) is 21.7. The second-order valence-corrected chi connectivity index (χ2v) is 25.2. The number of likely N-dealkylation sites (tertiary alicyclic amines) is 3. The lowest BCUT2D eigenvalue weighted by Gasteiger charge is -2.38. The molecule has 8 rings (SSSR count). The van der Waals surface area contributed by atoms with Crippen LogP contribution in [0.25, 0.3) is 0 Å². The number of alkyl halides is 1. The van der Waals surface area contributed by atoms with Crippen molar-refractivity contribution in [2.24, 2.45) is 5.73 Å². The average Bonchev–Trinajstić information content (AvgIpc) is 4.14. The second kappa shape index (κ2) is 35.3. The number of nitrogens with two attached hydrogens (primary N) is 1. The molecule has 3 N–H and O–H groups in total. The molecule has 0 unspecified atom stereocenters. The molecular weight excluding hydrogens is 1080 g/mol. The Morgan fingerprint density at radius 1 is 0.494 bits per heavy atom. The van der Waals surface area contributed by atoms with E-state index in [1.54, 1.807) is 9.80 Å². The number of Topliss-reactive ketones (excluding diaryl/α,β-unsaturated/α-hetero) is 1. The first-order valence-corrected chi connectivity index (χ1v) is 30.0. The lowest BCUT2D eigenvalue weighted by molar-refractivity contribution is -0.143. The molecule has 0 radical (unpaired) electrons. The Balaban J connectivity index is 0.000000342. The Hall–Kier alpha value is -3.79. The minimum Gasteiger partial charge on any atom is -0.468 e. The standard InChI is InChI=1S/C16H28N2O4.C13H24N2O2.C12H21NO2.C10H17NO3.C3H5BrO2.C3H7N.CH4/c1-16(2,3)22-15(20)17-9-7-13(8-10-17)18(12-5-6-12)11-14(19)21-4;1-13(2,3)17-12(16)15-8-6-11(7-9-15)14-10-4-5-10;1-15-12(14)9-13(11-7-8-11)10-5-3-2-4-6-10;1-10(2,3)14-9(13)11-6-4-8(12)5-7-11;1-6-3(5)2-4;4-3-1-2-3;/h12-13H,5-11H2,1-4H3;10-11,14H,4-9H2,1-3H3;10-11H,2-9H2,1H3;4-7H2,1-3H3;2H2,1H3;3H,1-2,4H2;1H4. The highest BCUT2D eigenvalue weighted by atomic mass is 79.9. The van der Waals surface area contributed by atoms with E-state index in [4.69, 9.17) is 29.4 Å². The van der Waals surface area contributed by atoms with Gasteiger partial charge in [-0.25, -0.2) is 14.4 Å². The number of nitrogens with one attached hydrogen (secondary N) is 1. The number of rotatable bonds is 11. The van der Waals surface area contributed by atoms with E-state index in [1.165, 1.54) is 92.0 Å². The zero-order valence-electron chi connectivity index (χ0n) is 49.8. The van der Waals surface area contributed by atoms with Crippen molar-refractivity contribution in [3.8, 4) is 0 Å². The van der Waals surface area contributed by atoms with Crippen LogP contribution in [-0.4, -0.2) is 205 Å². The van der Waals surface area contributed by atoms with Gasteiger partial charge in [0.25, 0.3) is 0 Å². The highest BCUT2D eigenvalue weighted by Crippen LogP contribution is 2.34. The minimum absolute atomic E-state index is 0. The van der Waals surface area contributed by atoms with Gasteiger partial charge in [0.05, 0.1) is 34.4 Å². The Kier molecular flexibility index (Phi) is 31.8. The molecule has 79 heavy (non-hydrogen) atoms. The SMILES string of the molecule is C.CC(C)(C)OC(=O)N1CCC(=O)CC1.CC(C)(C)OC(=O)N1CCC(NC2CC2)CC1.COC(=O)CBr.COC(=O)CN(C1CC1)C1CCN(C(=O)OC(C)(C)C)CC1.COC(=O)CN(C1CCCCC1)C1CC1.NC1CC1. The van der Waals surface area contributed by atoms with Crippen LogP contribution in [0, 0.1) is 0 Å². The molecule has 3 aliphatic heterocycles. The Morgan fingerprint density at radius 3 is 1.10 bits per heavy atom. The third-order valence-corrected chi connectivity index (χ3v) is 14.3. The first-order valence-electron chi connectivity index (χ1n) is 28.9. The highest BCUT2D eigenvalue weighted by molar-refractivity contribution is 9.09. The third-order valence-electron chi connectivity index (χ3n) is 13.9. The Labute approximate surface area is 483 Å². The van der Waals surface area contributed by atoms with Gasteiger partial charge in [-0.05, 0) is 152 Å². The van der Waals surface area contributed by atoms with Crippen LogP contribution in [0.3, 0.4) is 0 Å². The number of ether oxygens (including phenoxy) is 6. The van der Waals surface area contributed by atoms with Crippen molar-refractivity contribution < 1.29 is 62.0 Å². The molecule has 0 aromatic heterocycles. The number of carbonyl (C=O) groups excluding carboxylic acids is 7. The number of methoxy groups -OCH3 is 3. The van der Waals surface area contributed by atoms with E-state index in [0.29, 0.717) is 88.4 Å². The van der Waals surface area contributed by atoms with Crippen molar-refractivity contribution in [3.63, 3.8) is 0 Å². The summed E-state index contributed by atoms with van der Waals surface area (Å²) in [6.07, 6.45) is 20.7. The molecular formula is C58H106BrN7O13. The van der Waals surface area contributed by atoms with Gasteiger partial charge < -0.3 is 54.2 Å². The summed E-state index contributed by atoms with van der Waals surface area (Å²) in [5.41, 5.74) is 3.91. The van der Waals surface area contributed by atoms with Gasteiger partial charge >= 0.3 is 36.2 Å². The van der Waals surface area contributed by atoms with Crippen LogP contribution in [0.2, 0.25) is 0 Å². The number of hydrogen-bond donors (Lipinski definition) is 2. The van der Waals surface area contributed by atoms with E-state index in [2.05, 4.69) is 35.8 Å². The maximum absolute atomic E-state index is 12.1. The molecule has 0 aromatic carbocycles. The van der Waals surface area contributed by atoms with Gasteiger partial charge in [0.2, 0.25) is 0 Å². The number of amides is 3. The molecule has 3 saturated heterocycles. The fraction of sp³-hybridized carbons (Fsp3) is 0.879. The molecule has 5 aliphatic carbocycles. The molecule has 3 heterocycles. The van der Waals surface area contributed by atoms with Gasteiger partial charge in [0.15, 0.2) is 0 Å². The van der Waals surface area contributed by atoms with Crippen LogP contribution in [0.15, 0.2) is 0 Å². The lowest BCUT2D eigenvalue weighted by Crippen LogP contribution is -2.49. The zero-order chi connectivity index (χ0) is 58.2. The Morgan fingerprint density at radius 2 is 0.810 bits per heavy atom. The highest BCUT2D eigenvalue weighted by Gasteiger charge is 2.39. The van der Waals surface area contributed by atoms with Crippen molar-refractivity contribution in [1.82, 2.24) is 29.8 Å². The van der Waals surface area contributed by atoms with Crippen LogP contribution >= 0.6 is 15.9 Å². The summed E-state index contributed by atoms with van der Waals surface area (Å²) < 4.78 is 29.8. The van der Waals surface area contributed by atoms with E-state index in [1.807, 2.05) is 67.2 Å². The number of halogens is 1. The van der Waals surface area contributed by atoms with Crippen molar-refractivity contribution in [3.05, 3.63) is 0 Å². The van der Waals surface area contributed by atoms with Crippen LogP contribution < -0.4 is 11.1 Å². The topological polar surface area (TPSA) is 229 Å². The molecule has 8 fully saturated rings. The van der Waals surface area contributed by atoms with Gasteiger partial charge in [0, 0.05) is 94.4 Å². The van der Waals surface area contributed by atoms with Crippen molar-refractivity contribution in [2.75, 3.05) is 79.0 Å². The number of carbonyl (C=O) groups is 7. The summed E-state index contributed by atoms with van der Waals surface area (Å²) in [5.74, 6) is -0.270. The fourth-order valence-corrected chi connectivity index (χ4v) is 9.25. The average molecular weight is 1190 g/mol. The number of piperidine rings is 3. The van der Waals surface area contributed by atoms with E-state index in [-0.39, 0.29) is 60.3 Å². The maximum Gasteiger partial charge on any atom is 0.410 e. The molecule has 0 bridgehead atoms. The van der Waals surface area contributed by atoms with E-state index in [9.17, 15) is 33.6 Å². The minimum atomic E-state index is -0.460. The van der Waals surface area contributed by atoms with Crippen LogP contribution in [0.5, 0.6) is 0 Å². The summed E-state index contributed by atoms with van der Waals surface area (Å²) in [5, 5.41) is 3.90. The zero-order valence-corrected chi connectivity index (χ0v) is 51.4. The summed E-state index contributed by atoms with van der Waals surface area (Å²) in [4.78, 5) is 89.0. The second-order valence-electron chi connectivity index (χ2n) is 24.7. The summed E-state index contributed by atoms with van der Waals surface area (Å²) in [7, 11) is 4.26. The largest absolute Gasteiger partial charge is 0.468 e.